The quantitative estimate of drug-likeness (QED) is 0.701. The molecule has 0 spiro atoms. The summed E-state index contributed by atoms with van der Waals surface area (Å²) in [5.41, 5.74) is 1.04. The number of nitrogens with one attached hydrogen (secondary N) is 2. The van der Waals surface area contributed by atoms with Crippen LogP contribution >= 0.6 is 11.6 Å². The molecule has 0 aliphatic carbocycles. The molecule has 9 heteroatoms. The van der Waals surface area contributed by atoms with Gasteiger partial charge in [-0.05, 0) is 37.3 Å². The first-order valence-corrected chi connectivity index (χ1v) is 9.01. The first kappa shape index (κ1) is 19.6. The van der Waals surface area contributed by atoms with Crippen molar-refractivity contribution in [3.05, 3.63) is 57.5 Å². The number of benzene rings is 1. The third-order valence-corrected chi connectivity index (χ3v) is 4.54. The van der Waals surface area contributed by atoms with Crippen molar-refractivity contribution in [2.75, 3.05) is 31.4 Å². The molecular formula is C19H21ClN6O2. The van der Waals surface area contributed by atoms with Gasteiger partial charge in [0.1, 0.15) is 5.82 Å². The van der Waals surface area contributed by atoms with Gasteiger partial charge in [-0.3, -0.25) is 9.69 Å². The molecule has 2 amide bonds. The lowest BCUT2D eigenvalue weighted by molar-refractivity contribution is 0.225. The van der Waals surface area contributed by atoms with Crippen LogP contribution in [0.1, 0.15) is 18.5 Å². The molecule has 0 saturated carbocycles. The minimum atomic E-state index is -0.364. The molecule has 0 bridgehead atoms. The second-order valence-electron chi connectivity index (χ2n) is 6.63. The Bertz CT molecular complexity index is 1080. The fourth-order valence-electron chi connectivity index (χ4n) is 2.79. The zero-order chi connectivity index (χ0) is 20.4. The van der Waals surface area contributed by atoms with E-state index < -0.39 is 0 Å². The molecule has 0 fully saturated rings. The molecule has 28 heavy (non-hydrogen) atoms. The number of anilines is 2. The normalized spacial score (nSPS) is 11.9. The topological polar surface area (TPSA) is 94.2 Å². The number of halogens is 1. The summed E-state index contributed by atoms with van der Waals surface area (Å²) in [5.74, 6) is 0.761. The highest BCUT2D eigenvalue weighted by Gasteiger charge is 2.16. The summed E-state index contributed by atoms with van der Waals surface area (Å²) in [4.78, 5) is 38.9. The second kappa shape index (κ2) is 7.85. The molecule has 0 saturated heterocycles. The molecule has 1 aromatic carbocycles. The van der Waals surface area contributed by atoms with E-state index in [2.05, 4.69) is 20.3 Å². The van der Waals surface area contributed by atoms with Gasteiger partial charge in [0.25, 0.3) is 5.56 Å². The Morgan fingerprint density at radius 1 is 1.21 bits per heavy atom. The zero-order valence-corrected chi connectivity index (χ0v) is 16.8. The van der Waals surface area contributed by atoms with Crippen LogP contribution in [0.3, 0.4) is 0 Å². The fourth-order valence-corrected chi connectivity index (χ4v) is 2.97. The SMILES string of the molecule is CC(Nc1nccc(N(C)C(=O)N(C)C)n1)c1cc2cc(Cl)ccc2[nH]c1=O. The molecule has 2 aromatic heterocycles. The number of rotatable bonds is 4. The number of urea groups is 1. The lowest BCUT2D eigenvalue weighted by atomic mass is 10.1. The van der Waals surface area contributed by atoms with E-state index in [1.165, 1.54) is 9.80 Å². The third-order valence-electron chi connectivity index (χ3n) is 4.30. The minimum absolute atomic E-state index is 0.203. The molecule has 8 nitrogen and oxygen atoms in total. The molecule has 0 aliphatic rings. The smallest absolute Gasteiger partial charge is 0.324 e. The average Bonchev–Trinajstić information content (AvgIpc) is 2.66. The molecule has 1 unspecified atom stereocenters. The van der Waals surface area contributed by atoms with Crippen LogP contribution in [0.2, 0.25) is 5.02 Å². The Morgan fingerprint density at radius 3 is 2.68 bits per heavy atom. The van der Waals surface area contributed by atoms with Crippen molar-refractivity contribution in [2.45, 2.75) is 13.0 Å². The van der Waals surface area contributed by atoms with Crippen LogP contribution in [-0.4, -0.2) is 47.0 Å². The van der Waals surface area contributed by atoms with Crippen LogP contribution in [0.4, 0.5) is 16.6 Å². The Labute approximate surface area is 167 Å². The standard InChI is InChI=1S/C19H21ClN6O2/c1-11(14-10-12-9-13(20)5-6-15(12)23-17(14)27)22-18-21-8-7-16(24-18)26(4)19(28)25(2)3/h5-11H,1-4H3,(H,23,27)(H,21,22,24). The highest BCUT2D eigenvalue weighted by Crippen LogP contribution is 2.21. The first-order valence-electron chi connectivity index (χ1n) is 8.63. The number of aromatic amines is 1. The highest BCUT2D eigenvalue weighted by molar-refractivity contribution is 6.31. The van der Waals surface area contributed by atoms with Gasteiger partial charge in [0.2, 0.25) is 5.95 Å². The Hall–Kier alpha value is -3.13. The number of amides is 2. The molecule has 2 N–H and O–H groups in total. The predicted octanol–water partition coefficient (Wildman–Crippen LogP) is 3.26. The molecule has 0 radical (unpaired) electrons. The summed E-state index contributed by atoms with van der Waals surface area (Å²) in [6.07, 6.45) is 1.56. The van der Waals surface area contributed by atoms with Gasteiger partial charge >= 0.3 is 6.03 Å². The summed E-state index contributed by atoms with van der Waals surface area (Å²) in [7, 11) is 4.97. The van der Waals surface area contributed by atoms with E-state index >= 15 is 0 Å². The first-order chi connectivity index (χ1) is 13.3. The van der Waals surface area contributed by atoms with Crippen LogP contribution in [-0.2, 0) is 0 Å². The summed E-state index contributed by atoms with van der Waals surface area (Å²) in [5, 5.41) is 4.54. The number of H-pyrrole nitrogens is 1. The number of nitrogens with zero attached hydrogens (tertiary/aromatic N) is 4. The van der Waals surface area contributed by atoms with Crippen LogP contribution in [0.15, 0.2) is 41.3 Å². The number of aromatic nitrogens is 3. The molecule has 2 heterocycles. The van der Waals surface area contributed by atoms with Crippen molar-refractivity contribution in [2.24, 2.45) is 0 Å². The number of pyridine rings is 1. The van der Waals surface area contributed by atoms with Crippen LogP contribution < -0.4 is 15.8 Å². The van der Waals surface area contributed by atoms with Crippen molar-refractivity contribution in [1.82, 2.24) is 19.9 Å². The van der Waals surface area contributed by atoms with Gasteiger partial charge in [-0.15, -0.1) is 0 Å². The third kappa shape index (κ3) is 4.07. The second-order valence-corrected chi connectivity index (χ2v) is 7.06. The average molecular weight is 401 g/mol. The van der Waals surface area contributed by atoms with E-state index in [4.69, 9.17) is 11.6 Å². The molecule has 3 aromatic rings. The molecule has 146 valence electrons. The number of fused-ring (bicyclic) bond motifs is 1. The lowest BCUT2D eigenvalue weighted by Crippen LogP contribution is -2.36. The van der Waals surface area contributed by atoms with E-state index in [1.807, 2.05) is 6.92 Å². The Balaban J connectivity index is 1.87. The summed E-state index contributed by atoms with van der Waals surface area (Å²) in [6, 6.07) is 8.16. The van der Waals surface area contributed by atoms with Gasteiger partial charge in [0, 0.05) is 48.8 Å². The summed E-state index contributed by atoms with van der Waals surface area (Å²) >= 11 is 6.05. The lowest BCUT2D eigenvalue weighted by Gasteiger charge is -2.21. The summed E-state index contributed by atoms with van der Waals surface area (Å²) in [6.45, 7) is 1.84. The van der Waals surface area contributed by atoms with Gasteiger partial charge in [0.15, 0.2) is 0 Å². The van der Waals surface area contributed by atoms with Crippen molar-refractivity contribution < 1.29 is 4.79 Å². The maximum absolute atomic E-state index is 12.5. The maximum atomic E-state index is 12.5. The molecule has 1 atom stereocenters. The van der Waals surface area contributed by atoms with Gasteiger partial charge < -0.3 is 15.2 Å². The number of carbonyl (C=O) groups excluding carboxylic acids is 1. The highest BCUT2D eigenvalue weighted by atomic mass is 35.5. The van der Waals surface area contributed by atoms with E-state index in [-0.39, 0.29) is 17.6 Å². The number of hydrogen-bond donors (Lipinski definition) is 2. The monoisotopic (exact) mass is 400 g/mol. The Morgan fingerprint density at radius 2 is 1.96 bits per heavy atom. The van der Waals surface area contributed by atoms with Crippen LogP contribution in [0.25, 0.3) is 10.9 Å². The largest absolute Gasteiger partial charge is 0.347 e. The molecule has 3 rings (SSSR count). The zero-order valence-electron chi connectivity index (χ0n) is 16.0. The minimum Gasteiger partial charge on any atom is -0.347 e. The van der Waals surface area contributed by atoms with Crippen LogP contribution in [0, 0.1) is 0 Å². The number of carbonyl (C=O) groups is 1. The maximum Gasteiger partial charge on any atom is 0.324 e. The van der Waals surface area contributed by atoms with Crippen molar-refractivity contribution in [1.29, 1.82) is 0 Å². The van der Waals surface area contributed by atoms with E-state index in [1.54, 1.807) is 57.7 Å². The van der Waals surface area contributed by atoms with E-state index in [0.717, 1.165) is 5.39 Å². The molecular weight excluding hydrogens is 380 g/mol. The van der Waals surface area contributed by atoms with Gasteiger partial charge in [-0.1, -0.05) is 11.6 Å². The van der Waals surface area contributed by atoms with Gasteiger partial charge in [0.05, 0.1) is 6.04 Å². The number of hydrogen-bond acceptors (Lipinski definition) is 5. The van der Waals surface area contributed by atoms with E-state index in [9.17, 15) is 9.59 Å². The van der Waals surface area contributed by atoms with Crippen molar-refractivity contribution in [3.63, 3.8) is 0 Å². The van der Waals surface area contributed by atoms with Crippen LogP contribution in [0.5, 0.6) is 0 Å². The van der Waals surface area contributed by atoms with Gasteiger partial charge in [-0.2, -0.15) is 4.98 Å². The fraction of sp³-hybridized carbons (Fsp3) is 0.263. The van der Waals surface area contributed by atoms with Crippen molar-refractivity contribution >= 4 is 40.3 Å². The molecule has 0 aliphatic heterocycles. The summed E-state index contributed by atoms with van der Waals surface area (Å²) < 4.78 is 0. The van der Waals surface area contributed by atoms with E-state index in [0.29, 0.717) is 27.9 Å². The van der Waals surface area contributed by atoms with Gasteiger partial charge in [-0.25, -0.2) is 9.78 Å². The van der Waals surface area contributed by atoms with Crippen molar-refractivity contribution in [3.8, 4) is 0 Å². The predicted molar refractivity (Wildman–Crippen MR) is 111 cm³/mol. The Kier molecular flexibility index (Phi) is 5.51.